The van der Waals surface area contributed by atoms with Gasteiger partial charge < -0.3 is 9.32 Å². The topological polar surface area (TPSA) is 59.2 Å². The summed E-state index contributed by atoms with van der Waals surface area (Å²) in [5, 5.41) is 1.03. The Bertz CT molecular complexity index is 1000. The average molecular weight is 398 g/mol. The molecule has 0 saturated heterocycles. The summed E-state index contributed by atoms with van der Waals surface area (Å²) in [4.78, 5) is 25.3. The van der Waals surface area contributed by atoms with Crippen molar-refractivity contribution in [2.45, 2.75) is 64.8 Å². The predicted octanol–water partition coefficient (Wildman–Crippen LogP) is 5.78. The van der Waals surface area contributed by atoms with Crippen molar-refractivity contribution in [1.29, 1.82) is 0 Å². The summed E-state index contributed by atoms with van der Waals surface area (Å²) in [5.74, 6) is 1.21. The highest BCUT2D eigenvalue weighted by atomic mass is 32.1. The summed E-state index contributed by atoms with van der Waals surface area (Å²) >= 11 is 1.67. The molecule has 1 saturated carbocycles. The molecule has 1 fully saturated rings. The van der Waals surface area contributed by atoms with E-state index >= 15 is 0 Å². The van der Waals surface area contributed by atoms with E-state index in [4.69, 9.17) is 4.42 Å². The molecule has 28 heavy (non-hydrogen) atoms. The van der Waals surface area contributed by atoms with Crippen molar-refractivity contribution in [3.8, 4) is 0 Å². The van der Waals surface area contributed by atoms with Crippen LogP contribution in [0, 0.1) is 13.8 Å². The third kappa shape index (κ3) is 3.58. The van der Waals surface area contributed by atoms with Crippen molar-refractivity contribution in [3.63, 3.8) is 0 Å². The Hall–Kier alpha value is -2.21. The molecule has 0 bridgehead atoms. The highest BCUT2D eigenvalue weighted by molar-refractivity contribution is 7.11. The summed E-state index contributed by atoms with van der Waals surface area (Å²) in [6.45, 7) is 6.08. The molecule has 0 N–H and O–H groups in total. The van der Waals surface area contributed by atoms with Crippen LogP contribution in [0.4, 0.5) is 0 Å². The molecule has 0 aliphatic heterocycles. The van der Waals surface area contributed by atoms with E-state index in [1.54, 1.807) is 16.2 Å². The Balaban J connectivity index is 1.57. The van der Waals surface area contributed by atoms with Gasteiger partial charge in [0.15, 0.2) is 11.5 Å². The van der Waals surface area contributed by atoms with E-state index in [2.05, 4.69) is 16.9 Å². The lowest BCUT2D eigenvalue weighted by molar-refractivity contribution is 0.0740. The summed E-state index contributed by atoms with van der Waals surface area (Å²) < 4.78 is 6.05. The molecule has 1 aromatic carbocycles. The van der Waals surface area contributed by atoms with E-state index in [0.717, 1.165) is 39.8 Å². The molecule has 0 spiro atoms. The minimum Gasteiger partial charge on any atom is -0.440 e. The number of aromatic nitrogens is 2. The van der Waals surface area contributed by atoms with Crippen molar-refractivity contribution in [3.05, 3.63) is 45.2 Å². The summed E-state index contributed by atoms with van der Waals surface area (Å²) in [6, 6.07) is 5.50. The van der Waals surface area contributed by atoms with Gasteiger partial charge in [-0.3, -0.25) is 4.79 Å². The molecule has 1 amide bonds. The van der Waals surface area contributed by atoms with E-state index in [-0.39, 0.29) is 11.9 Å². The predicted molar refractivity (Wildman–Crippen MR) is 112 cm³/mol. The van der Waals surface area contributed by atoms with Gasteiger partial charge >= 0.3 is 0 Å². The summed E-state index contributed by atoms with van der Waals surface area (Å²) in [5.41, 5.74) is 3.13. The van der Waals surface area contributed by atoms with Crippen LogP contribution >= 0.6 is 11.3 Å². The molecule has 1 atom stereocenters. The minimum absolute atomic E-state index is 0.0323. The lowest BCUT2D eigenvalue weighted by atomic mass is 9.89. The van der Waals surface area contributed by atoms with E-state index in [9.17, 15) is 4.79 Å². The van der Waals surface area contributed by atoms with Crippen LogP contribution in [-0.2, 0) is 0 Å². The molecule has 1 unspecified atom stereocenters. The second-order valence-electron chi connectivity index (χ2n) is 7.84. The average Bonchev–Trinajstić information content (AvgIpc) is 3.28. The number of carbonyl (C=O) groups is 1. The first-order chi connectivity index (χ1) is 13.4. The van der Waals surface area contributed by atoms with Crippen LogP contribution in [0.1, 0.15) is 82.8 Å². The molecule has 4 rings (SSSR count). The molecule has 1 aliphatic rings. The van der Waals surface area contributed by atoms with Gasteiger partial charge in [0.05, 0.1) is 16.7 Å². The minimum atomic E-state index is -0.0827. The maximum atomic E-state index is 13.1. The van der Waals surface area contributed by atoms with Crippen LogP contribution in [0.15, 0.2) is 22.6 Å². The Morgan fingerprint density at radius 1 is 1.21 bits per heavy atom. The van der Waals surface area contributed by atoms with Crippen molar-refractivity contribution in [2.24, 2.45) is 0 Å². The highest BCUT2D eigenvalue weighted by Crippen LogP contribution is 2.34. The van der Waals surface area contributed by atoms with Gasteiger partial charge in [0.25, 0.3) is 5.91 Å². The maximum Gasteiger partial charge on any atom is 0.254 e. The number of amides is 1. The number of hydrogen-bond donors (Lipinski definition) is 0. The highest BCUT2D eigenvalue weighted by Gasteiger charge is 2.24. The van der Waals surface area contributed by atoms with Crippen LogP contribution in [0.25, 0.3) is 11.1 Å². The van der Waals surface area contributed by atoms with Gasteiger partial charge in [-0.2, -0.15) is 0 Å². The first kappa shape index (κ1) is 19.1. The molecule has 0 radical (unpaired) electrons. The van der Waals surface area contributed by atoms with Crippen molar-refractivity contribution < 1.29 is 9.21 Å². The molecule has 148 valence electrons. The SMILES string of the molecule is Cc1nc(C(C)N(C)C(=O)c2ccc3nc(C4CCCCC4)oc3c2)c(C)s1. The Morgan fingerprint density at radius 3 is 2.64 bits per heavy atom. The van der Waals surface area contributed by atoms with Gasteiger partial charge in [-0.1, -0.05) is 19.3 Å². The van der Waals surface area contributed by atoms with Crippen LogP contribution in [0.5, 0.6) is 0 Å². The lowest BCUT2D eigenvalue weighted by Crippen LogP contribution is -2.30. The number of fused-ring (bicyclic) bond motifs is 1. The third-order valence-corrected chi connectivity index (χ3v) is 6.74. The number of carbonyl (C=O) groups excluding carboxylic acids is 1. The van der Waals surface area contributed by atoms with Gasteiger partial charge in [-0.25, -0.2) is 9.97 Å². The van der Waals surface area contributed by atoms with Crippen molar-refractivity contribution >= 4 is 28.3 Å². The molecular weight excluding hydrogens is 370 g/mol. The van der Waals surface area contributed by atoms with Crippen LogP contribution in [0.2, 0.25) is 0 Å². The first-order valence-electron chi connectivity index (χ1n) is 10.1. The zero-order chi connectivity index (χ0) is 19.8. The van der Waals surface area contributed by atoms with Gasteiger partial charge in [-0.15, -0.1) is 11.3 Å². The molecule has 3 aromatic rings. The monoisotopic (exact) mass is 397 g/mol. The van der Waals surface area contributed by atoms with Crippen molar-refractivity contribution in [1.82, 2.24) is 14.9 Å². The first-order valence-corrected chi connectivity index (χ1v) is 10.9. The second-order valence-corrected chi connectivity index (χ2v) is 9.24. The van der Waals surface area contributed by atoms with Gasteiger partial charge in [0, 0.05) is 23.4 Å². The van der Waals surface area contributed by atoms with E-state index < -0.39 is 0 Å². The number of thiazole rings is 1. The quantitative estimate of drug-likeness (QED) is 0.560. The number of rotatable bonds is 4. The Labute approximate surface area is 169 Å². The van der Waals surface area contributed by atoms with E-state index in [1.807, 2.05) is 39.1 Å². The summed E-state index contributed by atoms with van der Waals surface area (Å²) in [7, 11) is 1.83. The lowest BCUT2D eigenvalue weighted by Gasteiger charge is -2.24. The zero-order valence-corrected chi connectivity index (χ0v) is 17.8. The molecule has 6 heteroatoms. The standard InChI is InChI=1S/C22H27N3O2S/c1-13(20-14(2)28-15(3)23-20)25(4)22(26)17-10-11-18-19(12-17)27-21(24-18)16-8-6-5-7-9-16/h10-13,16H,5-9H2,1-4H3. The van der Waals surface area contributed by atoms with Gasteiger partial charge in [0.2, 0.25) is 0 Å². The van der Waals surface area contributed by atoms with E-state index in [1.165, 1.54) is 19.3 Å². The molecule has 2 aromatic heterocycles. The largest absolute Gasteiger partial charge is 0.440 e. The van der Waals surface area contributed by atoms with Gasteiger partial charge in [-0.05, 0) is 51.8 Å². The van der Waals surface area contributed by atoms with Crippen LogP contribution < -0.4 is 0 Å². The number of hydrogen-bond acceptors (Lipinski definition) is 5. The zero-order valence-electron chi connectivity index (χ0n) is 17.0. The Morgan fingerprint density at radius 2 is 1.96 bits per heavy atom. The molecule has 2 heterocycles. The number of nitrogens with zero attached hydrogens (tertiary/aromatic N) is 3. The number of oxazole rings is 1. The fourth-order valence-electron chi connectivity index (χ4n) is 4.10. The van der Waals surface area contributed by atoms with Crippen molar-refractivity contribution in [2.75, 3.05) is 7.05 Å². The maximum absolute atomic E-state index is 13.1. The van der Waals surface area contributed by atoms with E-state index in [0.29, 0.717) is 17.1 Å². The Kier molecular flexibility index (Phi) is 5.23. The fraction of sp³-hybridized carbons (Fsp3) is 0.500. The number of aryl methyl sites for hydroxylation is 2. The fourth-order valence-corrected chi connectivity index (χ4v) is 5.00. The molecule has 1 aliphatic carbocycles. The van der Waals surface area contributed by atoms with Gasteiger partial charge in [0.1, 0.15) is 5.52 Å². The summed E-state index contributed by atoms with van der Waals surface area (Å²) in [6.07, 6.45) is 6.07. The normalized spacial score (nSPS) is 16.4. The van der Waals surface area contributed by atoms with Crippen LogP contribution in [0.3, 0.4) is 0 Å². The number of benzene rings is 1. The second kappa shape index (κ2) is 7.66. The molecule has 5 nitrogen and oxygen atoms in total. The molecular formula is C22H27N3O2S. The van der Waals surface area contributed by atoms with Crippen LogP contribution in [-0.4, -0.2) is 27.8 Å². The smallest absolute Gasteiger partial charge is 0.254 e. The third-order valence-electron chi connectivity index (χ3n) is 5.84.